The topological polar surface area (TPSA) is 61.5 Å². The maximum atomic E-state index is 5.35. The number of methoxy groups -OCH3 is 2. The molecule has 1 aromatic carbocycles. The molecule has 0 aliphatic rings. The molecule has 0 aliphatic heterocycles. The number of benzene rings is 1. The van der Waals surface area contributed by atoms with Crippen LogP contribution in [0.3, 0.4) is 0 Å². The molecule has 0 amide bonds. The fourth-order valence-electron chi connectivity index (χ4n) is 1.80. The van der Waals surface area contributed by atoms with Crippen LogP contribution in [0.4, 0.5) is 0 Å². The molecule has 0 saturated heterocycles. The van der Waals surface area contributed by atoms with Gasteiger partial charge in [-0.15, -0.1) is 10.2 Å². The van der Waals surface area contributed by atoms with Crippen molar-refractivity contribution in [3.05, 3.63) is 29.6 Å². The van der Waals surface area contributed by atoms with E-state index >= 15 is 0 Å². The monoisotopic (exact) mass is 306 g/mol. The predicted octanol–water partition coefficient (Wildman–Crippen LogP) is 2.46. The van der Waals surface area contributed by atoms with E-state index in [0.717, 1.165) is 28.7 Å². The van der Waals surface area contributed by atoms with Crippen LogP contribution in [-0.4, -0.2) is 41.6 Å². The first-order valence-corrected chi connectivity index (χ1v) is 7.70. The van der Waals surface area contributed by atoms with Crippen molar-refractivity contribution in [1.29, 1.82) is 0 Å². The highest BCUT2D eigenvalue weighted by atomic mass is 32.2. The Morgan fingerprint density at radius 2 is 2.10 bits per heavy atom. The molecule has 0 atom stereocenters. The Labute approximate surface area is 128 Å². The molecule has 0 spiro atoms. The Kier molecular flexibility index (Phi) is 5.21. The van der Waals surface area contributed by atoms with Crippen molar-refractivity contribution in [2.75, 3.05) is 20.5 Å². The lowest BCUT2D eigenvalue weighted by Gasteiger charge is -2.07. The van der Waals surface area contributed by atoms with Crippen molar-refractivity contribution >= 4 is 18.0 Å². The quantitative estimate of drug-likeness (QED) is 0.606. The number of nitrogens with zero attached hydrogens (tertiary/aromatic N) is 4. The molecular weight excluding hydrogens is 288 g/mol. The molecule has 0 unspecified atom stereocenters. The van der Waals surface area contributed by atoms with Gasteiger partial charge in [0.25, 0.3) is 0 Å². The lowest BCUT2D eigenvalue weighted by atomic mass is 10.2. The fourth-order valence-corrected chi connectivity index (χ4v) is 2.25. The lowest BCUT2D eigenvalue weighted by molar-refractivity contribution is 0.394. The third kappa shape index (κ3) is 3.36. The van der Waals surface area contributed by atoms with E-state index in [2.05, 4.69) is 15.3 Å². The highest BCUT2D eigenvalue weighted by molar-refractivity contribution is 7.98. The van der Waals surface area contributed by atoms with E-state index in [1.807, 2.05) is 31.4 Å². The zero-order valence-corrected chi connectivity index (χ0v) is 13.3. The van der Waals surface area contributed by atoms with Crippen LogP contribution in [0, 0.1) is 0 Å². The summed E-state index contributed by atoms with van der Waals surface area (Å²) in [5, 5.41) is 13.4. The molecule has 112 valence electrons. The highest BCUT2D eigenvalue weighted by Gasteiger charge is 2.09. The Hall–Kier alpha value is -2.02. The van der Waals surface area contributed by atoms with Gasteiger partial charge in [-0.05, 0) is 18.4 Å². The van der Waals surface area contributed by atoms with Gasteiger partial charge in [0.05, 0.1) is 20.4 Å². The first-order chi connectivity index (χ1) is 10.2. The number of thioether (sulfide) groups is 1. The van der Waals surface area contributed by atoms with Gasteiger partial charge in [-0.1, -0.05) is 18.7 Å². The molecule has 2 rings (SSSR count). The van der Waals surface area contributed by atoms with Crippen LogP contribution < -0.4 is 9.47 Å². The van der Waals surface area contributed by atoms with Gasteiger partial charge in [0.2, 0.25) is 5.16 Å². The molecule has 0 bridgehead atoms. The van der Waals surface area contributed by atoms with Gasteiger partial charge < -0.3 is 9.47 Å². The molecule has 6 nitrogen and oxygen atoms in total. The molecule has 2 aromatic rings. The second-order valence-electron chi connectivity index (χ2n) is 4.12. The summed E-state index contributed by atoms with van der Waals surface area (Å²) >= 11 is 1.51. The van der Waals surface area contributed by atoms with E-state index in [1.54, 1.807) is 25.1 Å². The Balaban J connectivity index is 2.35. The van der Waals surface area contributed by atoms with Crippen molar-refractivity contribution in [3.8, 4) is 11.5 Å². The molecule has 0 radical (unpaired) electrons. The van der Waals surface area contributed by atoms with Crippen molar-refractivity contribution in [1.82, 2.24) is 14.9 Å². The fraction of sp³-hybridized carbons (Fsp3) is 0.357. The number of hydrogen-bond acceptors (Lipinski definition) is 6. The third-order valence-corrected chi connectivity index (χ3v) is 3.55. The van der Waals surface area contributed by atoms with Crippen LogP contribution in [0.2, 0.25) is 0 Å². The van der Waals surface area contributed by atoms with Crippen LogP contribution in [0.15, 0.2) is 28.5 Å². The molecular formula is C14H18N4O2S. The molecule has 1 aromatic heterocycles. The van der Waals surface area contributed by atoms with Crippen molar-refractivity contribution in [2.24, 2.45) is 5.10 Å². The van der Waals surface area contributed by atoms with Crippen molar-refractivity contribution in [2.45, 2.75) is 18.5 Å². The van der Waals surface area contributed by atoms with E-state index < -0.39 is 0 Å². The summed E-state index contributed by atoms with van der Waals surface area (Å²) in [6, 6.07) is 5.59. The van der Waals surface area contributed by atoms with Gasteiger partial charge >= 0.3 is 0 Å². The minimum atomic E-state index is 0.704. The van der Waals surface area contributed by atoms with Gasteiger partial charge in [0, 0.05) is 18.1 Å². The molecule has 1 heterocycles. The SMILES string of the molecule is CCc1nnc(SC)n1/N=C\c1ccc(OC)cc1OC. The third-order valence-electron chi connectivity index (χ3n) is 2.93. The van der Waals surface area contributed by atoms with Gasteiger partial charge in [-0.25, -0.2) is 0 Å². The maximum Gasteiger partial charge on any atom is 0.211 e. The predicted molar refractivity (Wildman–Crippen MR) is 83.7 cm³/mol. The molecule has 0 saturated carbocycles. The van der Waals surface area contributed by atoms with Crippen LogP contribution in [0.25, 0.3) is 0 Å². The number of ether oxygens (including phenoxy) is 2. The van der Waals surface area contributed by atoms with Crippen LogP contribution in [0.1, 0.15) is 18.3 Å². The lowest BCUT2D eigenvalue weighted by Crippen LogP contribution is -2.00. The number of hydrogen-bond donors (Lipinski definition) is 0. The normalized spacial score (nSPS) is 11.0. The molecule has 7 heteroatoms. The summed E-state index contributed by atoms with van der Waals surface area (Å²) in [4.78, 5) is 0. The molecule has 0 N–H and O–H groups in total. The summed E-state index contributed by atoms with van der Waals surface area (Å²) in [6.07, 6.45) is 4.45. The molecule has 21 heavy (non-hydrogen) atoms. The minimum absolute atomic E-state index is 0.704. The molecule has 0 aliphatic carbocycles. The van der Waals surface area contributed by atoms with E-state index in [0.29, 0.717) is 5.75 Å². The van der Waals surface area contributed by atoms with Gasteiger partial charge in [-0.2, -0.15) is 9.78 Å². The highest BCUT2D eigenvalue weighted by Crippen LogP contribution is 2.23. The summed E-state index contributed by atoms with van der Waals surface area (Å²) in [6.45, 7) is 2.02. The maximum absolute atomic E-state index is 5.35. The summed E-state index contributed by atoms with van der Waals surface area (Å²) in [5.74, 6) is 2.27. The van der Waals surface area contributed by atoms with Gasteiger partial charge in [0.1, 0.15) is 11.5 Å². The number of aromatic nitrogens is 3. The van der Waals surface area contributed by atoms with E-state index in [1.165, 1.54) is 11.8 Å². The van der Waals surface area contributed by atoms with E-state index in [9.17, 15) is 0 Å². The first-order valence-electron chi connectivity index (χ1n) is 6.48. The van der Waals surface area contributed by atoms with Crippen LogP contribution >= 0.6 is 11.8 Å². The minimum Gasteiger partial charge on any atom is -0.497 e. The van der Waals surface area contributed by atoms with Crippen molar-refractivity contribution < 1.29 is 9.47 Å². The standard InChI is InChI=1S/C14H18N4O2S/c1-5-13-16-17-14(21-4)18(13)15-9-10-6-7-11(19-2)8-12(10)20-3/h6-9H,5H2,1-4H3/b15-9-. The number of rotatable bonds is 6. The Morgan fingerprint density at radius 1 is 1.29 bits per heavy atom. The summed E-state index contributed by atoms with van der Waals surface area (Å²) in [7, 11) is 3.24. The zero-order chi connectivity index (χ0) is 15.2. The Morgan fingerprint density at radius 3 is 2.71 bits per heavy atom. The van der Waals surface area contributed by atoms with Gasteiger partial charge in [-0.3, -0.25) is 0 Å². The van der Waals surface area contributed by atoms with E-state index in [-0.39, 0.29) is 0 Å². The molecule has 0 fully saturated rings. The average Bonchev–Trinajstić information content (AvgIpc) is 2.94. The van der Waals surface area contributed by atoms with Crippen LogP contribution in [-0.2, 0) is 6.42 Å². The largest absolute Gasteiger partial charge is 0.497 e. The smallest absolute Gasteiger partial charge is 0.211 e. The first kappa shape index (κ1) is 15.4. The number of aryl methyl sites for hydroxylation is 1. The average molecular weight is 306 g/mol. The zero-order valence-electron chi connectivity index (χ0n) is 12.5. The van der Waals surface area contributed by atoms with Gasteiger partial charge in [0.15, 0.2) is 5.82 Å². The second kappa shape index (κ2) is 7.12. The Bertz CT molecular complexity index is 618. The van der Waals surface area contributed by atoms with E-state index in [4.69, 9.17) is 9.47 Å². The summed E-state index contributed by atoms with van der Waals surface area (Å²) in [5.41, 5.74) is 0.862. The summed E-state index contributed by atoms with van der Waals surface area (Å²) < 4.78 is 12.3. The van der Waals surface area contributed by atoms with Crippen molar-refractivity contribution in [3.63, 3.8) is 0 Å². The van der Waals surface area contributed by atoms with Crippen LogP contribution in [0.5, 0.6) is 11.5 Å². The second-order valence-corrected chi connectivity index (χ2v) is 4.89.